The fourth-order valence-electron chi connectivity index (χ4n) is 1.85. The molecule has 0 spiro atoms. The Labute approximate surface area is 162 Å². The number of carbonyl (C=O) groups excluding carboxylic acids is 2. The van der Waals surface area contributed by atoms with Gasteiger partial charge in [0.05, 0.1) is 10.7 Å². The zero-order chi connectivity index (χ0) is 19.3. The highest BCUT2D eigenvalue weighted by Gasteiger charge is 2.23. The van der Waals surface area contributed by atoms with Crippen LogP contribution in [0.5, 0.6) is 5.75 Å². The molecule has 2 aromatic rings. The SMILES string of the molecule is CC(C)(C)C(=O)Nc1ccc(OC(=O)OCc2ccccc2)c(Cl)c1Cl. The molecule has 0 heterocycles. The summed E-state index contributed by atoms with van der Waals surface area (Å²) in [4.78, 5) is 23.9. The lowest BCUT2D eigenvalue weighted by Gasteiger charge is -2.19. The van der Waals surface area contributed by atoms with Crippen LogP contribution in [-0.2, 0) is 16.1 Å². The normalized spacial score (nSPS) is 11.0. The maximum atomic E-state index is 12.1. The third kappa shape index (κ3) is 5.38. The number of halogens is 2. The van der Waals surface area contributed by atoms with Crippen molar-refractivity contribution in [1.29, 1.82) is 0 Å². The second-order valence-corrected chi connectivity index (χ2v) is 7.33. The molecule has 1 N–H and O–H groups in total. The average molecular weight is 396 g/mol. The Kier molecular flexibility index (Phi) is 6.51. The standard InChI is InChI=1S/C19H19Cl2NO4/c1-19(2,3)17(23)22-13-9-10-14(16(21)15(13)20)26-18(24)25-11-12-7-5-4-6-8-12/h4-10H,11H2,1-3H3,(H,22,23). The van der Waals surface area contributed by atoms with Crippen LogP contribution in [0.15, 0.2) is 42.5 Å². The van der Waals surface area contributed by atoms with Gasteiger partial charge in [0, 0.05) is 5.41 Å². The summed E-state index contributed by atoms with van der Waals surface area (Å²) in [6, 6.07) is 12.1. The third-order valence-corrected chi connectivity index (χ3v) is 4.23. The zero-order valence-corrected chi connectivity index (χ0v) is 16.1. The maximum Gasteiger partial charge on any atom is 0.514 e. The van der Waals surface area contributed by atoms with Crippen molar-refractivity contribution in [3.8, 4) is 5.75 Å². The highest BCUT2D eigenvalue weighted by atomic mass is 35.5. The molecule has 7 heteroatoms. The summed E-state index contributed by atoms with van der Waals surface area (Å²) in [7, 11) is 0. The van der Waals surface area contributed by atoms with E-state index in [1.54, 1.807) is 20.8 Å². The number of anilines is 1. The summed E-state index contributed by atoms with van der Waals surface area (Å²) in [6.45, 7) is 5.40. The smallest absolute Gasteiger partial charge is 0.429 e. The Morgan fingerprint density at radius 1 is 1.00 bits per heavy atom. The summed E-state index contributed by atoms with van der Waals surface area (Å²) in [5.74, 6) is -0.171. The Balaban J connectivity index is 2.03. The minimum atomic E-state index is -0.904. The van der Waals surface area contributed by atoms with Gasteiger partial charge >= 0.3 is 6.16 Å². The van der Waals surface area contributed by atoms with Crippen molar-refractivity contribution < 1.29 is 19.1 Å². The number of hydrogen-bond acceptors (Lipinski definition) is 4. The lowest BCUT2D eigenvalue weighted by Crippen LogP contribution is -2.27. The first-order chi connectivity index (χ1) is 12.2. The number of amides is 1. The van der Waals surface area contributed by atoms with Gasteiger partial charge < -0.3 is 14.8 Å². The topological polar surface area (TPSA) is 64.6 Å². The van der Waals surface area contributed by atoms with Gasteiger partial charge in [-0.15, -0.1) is 0 Å². The molecule has 0 fully saturated rings. The molecule has 26 heavy (non-hydrogen) atoms. The van der Waals surface area contributed by atoms with E-state index in [0.717, 1.165) is 5.56 Å². The van der Waals surface area contributed by atoms with Crippen LogP contribution in [0.25, 0.3) is 0 Å². The highest BCUT2D eigenvalue weighted by molar-refractivity contribution is 6.45. The fraction of sp³-hybridized carbons (Fsp3) is 0.263. The van der Waals surface area contributed by atoms with Crippen molar-refractivity contribution in [2.24, 2.45) is 5.41 Å². The van der Waals surface area contributed by atoms with Crippen LogP contribution in [0, 0.1) is 5.41 Å². The maximum absolute atomic E-state index is 12.1. The minimum absolute atomic E-state index is 0.00929. The Morgan fingerprint density at radius 2 is 1.65 bits per heavy atom. The molecular formula is C19H19Cl2NO4. The molecule has 2 aromatic carbocycles. The molecule has 138 valence electrons. The zero-order valence-electron chi connectivity index (χ0n) is 14.6. The molecule has 5 nitrogen and oxygen atoms in total. The van der Waals surface area contributed by atoms with E-state index >= 15 is 0 Å². The van der Waals surface area contributed by atoms with Crippen molar-refractivity contribution in [2.75, 3.05) is 5.32 Å². The van der Waals surface area contributed by atoms with Crippen LogP contribution in [0.2, 0.25) is 10.0 Å². The first-order valence-corrected chi connectivity index (χ1v) is 8.62. The second-order valence-electron chi connectivity index (χ2n) is 6.57. The van der Waals surface area contributed by atoms with Crippen LogP contribution in [0.1, 0.15) is 26.3 Å². The van der Waals surface area contributed by atoms with Gasteiger partial charge in [0.1, 0.15) is 11.6 Å². The third-order valence-electron chi connectivity index (χ3n) is 3.37. The molecule has 0 aliphatic rings. The lowest BCUT2D eigenvalue weighted by atomic mass is 9.95. The number of ether oxygens (including phenoxy) is 2. The molecular weight excluding hydrogens is 377 g/mol. The molecule has 0 aliphatic heterocycles. The van der Waals surface area contributed by atoms with Crippen molar-refractivity contribution in [1.82, 2.24) is 0 Å². The predicted molar refractivity (Wildman–Crippen MR) is 102 cm³/mol. The Morgan fingerprint density at radius 3 is 2.27 bits per heavy atom. The molecule has 0 unspecified atom stereocenters. The number of rotatable bonds is 4. The van der Waals surface area contributed by atoms with Crippen LogP contribution < -0.4 is 10.1 Å². The van der Waals surface area contributed by atoms with Gasteiger partial charge in [-0.25, -0.2) is 4.79 Å². The van der Waals surface area contributed by atoms with Crippen molar-refractivity contribution in [3.05, 3.63) is 58.1 Å². The summed E-state index contributed by atoms with van der Waals surface area (Å²) >= 11 is 12.3. The van der Waals surface area contributed by atoms with Gasteiger partial charge in [0.25, 0.3) is 0 Å². The quantitative estimate of drug-likeness (QED) is 0.532. The first-order valence-electron chi connectivity index (χ1n) is 7.86. The molecule has 0 bridgehead atoms. The second kappa shape index (κ2) is 8.43. The molecule has 0 aliphatic carbocycles. The van der Waals surface area contributed by atoms with Crippen LogP contribution in [0.4, 0.5) is 10.5 Å². The van der Waals surface area contributed by atoms with Gasteiger partial charge in [-0.1, -0.05) is 74.3 Å². The summed E-state index contributed by atoms with van der Waals surface area (Å²) in [5, 5.41) is 2.78. The van der Waals surface area contributed by atoms with Gasteiger partial charge in [-0.05, 0) is 17.7 Å². The largest absolute Gasteiger partial charge is 0.514 e. The average Bonchev–Trinajstić information content (AvgIpc) is 2.59. The minimum Gasteiger partial charge on any atom is -0.429 e. The van der Waals surface area contributed by atoms with Gasteiger partial charge in [-0.3, -0.25) is 4.79 Å². The predicted octanol–water partition coefficient (Wildman–Crippen LogP) is 5.69. The Hall–Kier alpha value is -2.24. The monoisotopic (exact) mass is 395 g/mol. The number of nitrogens with one attached hydrogen (secondary N) is 1. The van der Waals surface area contributed by atoms with Gasteiger partial charge in [-0.2, -0.15) is 0 Å². The van der Waals surface area contributed by atoms with Gasteiger partial charge in [0.15, 0.2) is 5.75 Å². The summed E-state index contributed by atoms with van der Waals surface area (Å²) in [6.07, 6.45) is -0.904. The fourth-order valence-corrected chi connectivity index (χ4v) is 2.26. The summed E-state index contributed by atoms with van der Waals surface area (Å²) < 4.78 is 10.1. The number of carbonyl (C=O) groups is 2. The van der Waals surface area contributed by atoms with E-state index in [9.17, 15) is 9.59 Å². The van der Waals surface area contributed by atoms with E-state index in [2.05, 4.69) is 5.32 Å². The molecule has 0 atom stereocenters. The molecule has 0 saturated carbocycles. The van der Waals surface area contributed by atoms with Crippen molar-refractivity contribution in [2.45, 2.75) is 27.4 Å². The van der Waals surface area contributed by atoms with E-state index < -0.39 is 11.6 Å². The van der Waals surface area contributed by atoms with Gasteiger partial charge in [0.2, 0.25) is 5.91 Å². The van der Waals surface area contributed by atoms with E-state index in [4.69, 9.17) is 32.7 Å². The first kappa shape index (κ1) is 20.1. The van der Waals surface area contributed by atoms with E-state index in [0.29, 0.717) is 5.69 Å². The molecule has 1 amide bonds. The highest BCUT2D eigenvalue weighted by Crippen LogP contribution is 2.38. The van der Waals surface area contributed by atoms with E-state index in [1.807, 2.05) is 30.3 Å². The Bertz CT molecular complexity index is 801. The molecule has 0 aromatic heterocycles. The molecule has 0 saturated heterocycles. The van der Waals surface area contributed by atoms with E-state index in [1.165, 1.54) is 12.1 Å². The number of benzene rings is 2. The van der Waals surface area contributed by atoms with Crippen molar-refractivity contribution >= 4 is 41.0 Å². The number of hydrogen-bond donors (Lipinski definition) is 1. The van der Waals surface area contributed by atoms with Crippen LogP contribution in [0.3, 0.4) is 0 Å². The van der Waals surface area contributed by atoms with Crippen LogP contribution in [-0.4, -0.2) is 12.1 Å². The van der Waals surface area contributed by atoms with Crippen LogP contribution >= 0.6 is 23.2 Å². The summed E-state index contributed by atoms with van der Waals surface area (Å²) in [5.41, 5.74) is 0.571. The lowest BCUT2D eigenvalue weighted by molar-refractivity contribution is -0.123. The van der Waals surface area contributed by atoms with E-state index in [-0.39, 0.29) is 28.3 Å². The van der Waals surface area contributed by atoms with Crippen molar-refractivity contribution in [3.63, 3.8) is 0 Å². The molecule has 2 rings (SSSR count). The molecule has 0 radical (unpaired) electrons.